The summed E-state index contributed by atoms with van der Waals surface area (Å²) >= 11 is 1.41. The van der Waals surface area contributed by atoms with E-state index in [0.29, 0.717) is 29.8 Å². The van der Waals surface area contributed by atoms with Crippen molar-refractivity contribution in [2.45, 2.75) is 25.8 Å². The van der Waals surface area contributed by atoms with Crippen LogP contribution in [0.25, 0.3) is 32.2 Å². The molecule has 9 nitrogen and oxygen atoms in total. The van der Waals surface area contributed by atoms with E-state index < -0.39 is 5.92 Å². The summed E-state index contributed by atoms with van der Waals surface area (Å²) in [5.74, 6) is -3.01. The second-order valence-electron chi connectivity index (χ2n) is 8.28. The smallest absolute Gasteiger partial charge is 0.291 e. The Morgan fingerprint density at radius 2 is 2.03 bits per heavy atom. The quantitative estimate of drug-likeness (QED) is 0.391. The van der Waals surface area contributed by atoms with Gasteiger partial charge in [0.15, 0.2) is 5.65 Å². The fraction of sp³-hybridized carbons (Fsp3) is 0.227. The molecule has 6 rings (SSSR count). The first kappa shape index (κ1) is 20.7. The van der Waals surface area contributed by atoms with E-state index in [1.165, 1.54) is 22.1 Å². The van der Waals surface area contributed by atoms with Crippen molar-refractivity contribution in [1.29, 1.82) is 0 Å². The van der Waals surface area contributed by atoms with Crippen LogP contribution in [0.15, 0.2) is 41.5 Å². The van der Waals surface area contributed by atoms with E-state index in [2.05, 4.69) is 30.5 Å². The van der Waals surface area contributed by atoms with Gasteiger partial charge in [0.25, 0.3) is 11.5 Å². The van der Waals surface area contributed by atoms with Gasteiger partial charge in [-0.3, -0.25) is 15.0 Å². The fourth-order valence-electron chi connectivity index (χ4n) is 4.19. The molecule has 0 amide bonds. The normalized spacial score (nSPS) is 12.5. The van der Waals surface area contributed by atoms with Crippen LogP contribution in [0.4, 0.5) is 8.78 Å². The lowest BCUT2D eigenvalue weighted by atomic mass is 10.1. The lowest BCUT2D eigenvalue weighted by Gasteiger charge is -2.07. The number of halogens is 2. The number of aromatic nitrogens is 8. The third-order valence-corrected chi connectivity index (χ3v) is 6.97. The van der Waals surface area contributed by atoms with E-state index in [1.807, 2.05) is 18.2 Å². The standard InChI is InChI=1S/C22H18F2N8OS/c1-22(23,24)16-6-12(28-30-16)7-17-27-20-19(34-17)14-9-26-32(21(33)18(14)31(20)2)10-11-4-3-5-15-13(11)8-25-29-15/h3-6,8-9H,7,10H2,1-2H3,(H,25,29)(H,28,30). The van der Waals surface area contributed by atoms with E-state index in [1.54, 1.807) is 24.0 Å². The minimum Gasteiger partial charge on any atom is -0.323 e. The van der Waals surface area contributed by atoms with Gasteiger partial charge in [-0.15, -0.1) is 11.3 Å². The van der Waals surface area contributed by atoms with Gasteiger partial charge in [-0.05, 0) is 17.7 Å². The van der Waals surface area contributed by atoms with E-state index in [-0.39, 0.29) is 11.3 Å². The lowest BCUT2D eigenvalue weighted by molar-refractivity contribution is 0.0127. The molecule has 12 heteroatoms. The van der Waals surface area contributed by atoms with Crippen molar-refractivity contribution in [2.75, 3.05) is 0 Å². The Bertz CT molecular complexity index is 1750. The Hall–Kier alpha value is -3.93. The highest BCUT2D eigenvalue weighted by Crippen LogP contribution is 2.32. The zero-order chi connectivity index (χ0) is 23.6. The van der Waals surface area contributed by atoms with E-state index in [0.717, 1.165) is 38.5 Å². The van der Waals surface area contributed by atoms with Gasteiger partial charge in [-0.25, -0.2) is 9.67 Å². The number of nitrogens with zero attached hydrogens (tertiary/aromatic N) is 6. The van der Waals surface area contributed by atoms with Gasteiger partial charge in [0, 0.05) is 36.9 Å². The number of thiazole rings is 1. The molecule has 0 saturated carbocycles. The molecule has 5 aromatic heterocycles. The van der Waals surface area contributed by atoms with Gasteiger partial charge in [0.05, 0.1) is 29.2 Å². The van der Waals surface area contributed by atoms with Crippen molar-refractivity contribution < 1.29 is 8.78 Å². The Morgan fingerprint density at radius 1 is 1.18 bits per heavy atom. The molecular weight excluding hydrogens is 462 g/mol. The molecule has 0 fully saturated rings. The Morgan fingerprint density at radius 3 is 2.82 bits per heavy atom. The van der Waals surface area contributed by atoms with Crippen LogP contribution >= 0.6 is 11.3 Å². The highest BCUT2D eigenvalue weighted by molar-refractivity contribution is 7.19. The monoisotopic (exact) mass is 480 g/mol. The second-order valence-corrected chi connectivity index (χ2v) is 9.36. The van der Waals surface area contributed by atoms with Gasteiger partial charge in [0.1, 0.15) is 16.2 Å². The first-order chi connectivity index (χ1) is 16.3. The number of fused-ring (bicyclic) bond motifs is 4. The molecule has 0 radical (unpaired) electrons. The van der Waals surface area contributed by atoms with Gasteiger partial charge in [-0.1, -0.05) is 12.1 Å². The summed E-state index contributed by atoms with van der Waals surface area (Å²) in [4.78, 5) is 18.0. The number of nitrogens with one attached hydrogen (secondary N) is 2. The van der Waals surface area contributed by atoms with E-state index in [4.69, 9.17) is 0 Å². The topological polar surface area (TPSA) is 110 Å². The van der Waals surface area contributed by atoms with Crippen LogP contribution in [0, 0.1) is 0 Å². The van der Waals surface area contributed by atoms with Crippen molar-refractivity contribution in [2.24, 2.45) is 7.05 Å². The first-order valence-corrected chi connectivity index (χ1v) is 11.3. The van der Waals surface area contributed by atoms with Crippen molar-refractivity contribution in [1.82, 2.24) is 39.7 Å². The SMILES string of the molecule is Cn1c2nc(Cc3cc(C(C)(F)F)n[nH]3)sc2c2cnn(Cc3cccc4[nH]ncc34)c(=O)c21. The van der Waals surface area contributed by atoms with Crippen molar-refractivity contribution in [3.63, 3.8) is 0 Å². The maximum absolute atomic E-state index is 13.5. The highest BCUT2D eigenvalue weighted by atomic mass is 32.1. The third-order valence-electron chi connectivity index (χ3n) is 5.89. The maximum atomic E-state index is 13.5. The summed E-state index contributed by atoms with van der Waals surface area (Å²) in [7, 11) is 1.79. The molecule has 0 aliphatic carbocycles. The summed E-state index contributed by atoms with van der Waals surface area (Å²) in [6.45, 7) is 1.12. The largest absolute Gasteiger partial charge is 0.323 e. The van der Waals surface area contributed by atoms with Crippen LogP contribution in [0.2, 0.25) is 0 Å². The van der Waals surface area contributed by atoms with Crippen molar-refractivity contribution in [3.05, 3.63) is 69.0 Å². The Kier molecular flexibility index (Phi) is 4.43. The average Bonchev–Trinajstić information content (AvgIpc) is 3.56. The van der Waals surface area contributed by atoms with Gasteiger partial charge < -0.3 is 4.57 Å². The summed E-state index contributed by atoms with van der Waals surface area (Å²) in [6, 6.07) is 7.14. The minimum atomic E-state index is -3.01. The van der Waals surface area contributed by atoms with Gasteiger partial charge in [0.2, 0.25) is 0 Å². The molecule has 0 aliphatic heterocycles. The van der Waals surface area contributed by atoms with Crippen LogP contribution in [-0.2, 0) is 25.9 Å². The number of H-pyrrole nitrogens is 2. The number of benzene rings is 1. The van der Waals surface area contributed by atoms with Crippen molar-refractivity contribution >= 4 is 43.5 Å². The molecule has 2 N–H and O–H groups in total. The molecule has 0 atom stereocenters. The first-order valence-electron chi connectivity index (χ1n) is 10.5. The molecule has 172 valence electrons. The van der Waals surface area contributed by atoms with Crippen LogP contribution < -0.4 is 5.56 Å². The number of rotatable bonds is 5. The summed E-state index contributed by atoms with van der Waals surface area (Å²) in [5.41, 5.74) is 3.05. The van der Waals surface area contributed by atoms with Crippen molar-refractivity contribution in [3.8, 4) is 0 Å². The number of alkyl halides is 2. The molecule has 0 aliphatic rings. The lowest BCUT2D eigenvalue weighted by Crippen LogP contribution is -2.24. The zero-order valence-electron chi connectivity index (χ0n) is 18.1. The molecule has 0 bridgehead atoms. The Labute approximate surface area is 194 Å². The van der Waals surface area contributed by atoms with Crippen LogP contribution in [-0.4, -0.2) is 39.7 Å². The molecule has 0 saturated heterocycles. The Balaban J connectivity index is 1.37. The highest BCUT2D eigenvalue weighted by Gasteiger charge is 2.28. The number of hydrogen-bond donors (Lipinski definition) is 2. The summed E-state index contributed by atoms with van der Waals surface area (Å²) < 4.78 is 31.0. The number of hydrogen-bond acceptors (Lipinski definition) is 6. The molecular formula is C22H18F2N8OS. The molecule has 0 spiro atoms. The maximum Gasteiger partial charge on any atom is 0.291 e. The van der Waals surface area contributed by atoms with E-state index >= 15 is 0 Å². The van der Waals surface area contributed by atoms with E-state index in [9.17, 15) is 13.6 Å². The predicted molar refractivity (Wildman–Crippen MR) is 124 cm³/mol. The fourth-order valence-corrected chi connectivity index (χ4v) is 5.32. The van der Waals surface area contributed by atoms with Gasteiger partial charge in [-0.2, -0.15) is 24.1 Å². The van der Waals surface area contributed by atoms with Crippen LogP contribution in [0.1, 0.15) is 28.9 Å². The molecule has 1 aromatic carbocycles. The number of aryl methyl sites for hydroxylation is 1. The van der Waals surface area contributed by atoms with Gasteiger partial charge >= 0.3 is 0 Å². The molecule has 6 aromatic rings. The molecule has 0 unspecified atom stereocenters. The zero-order valence-corrected chi connectivity index (χ0v) is 19.0. The predicted octanol–water partition coefficient (Wildman–Crippen LogP) is 3.69. The molecule has 34 heavy (non-hydrogen) atoms. The minimum absolute atomic E-state index is 0.212. The average molecular weight is 481 g/mol. The van der Waals surface area contributed by atoms with Crippen LogP contribution in [0.3, 0.4) is 0 Å². The third kappa shape index (κ3) is 3.21. The summed E-state index contributed by atoms with van der Waals surface area (Å²) in [5, 5.41) is 20.2. The second kappa shape index (κ2) is 7.29. The van der Waals surface area contributed by atoms with Crippen LogP contribution in [0.5, 0.6) is 0 Å². The summed E-state index contributed by atoms with van der Waals surface area (Å²) in [6.07, 6.45) is 3.76. The molecule has 5 heterocycles. The number of aromatic amines is 2.